The van der Waals surface area contributed by atoms with Crippen molar-refractivity contribution >= 4 is 8.60 Å². The lowest BCUT2D eigenvalue weighted by atomic mass is 9.78. The second-order valence-corrected chi connectivity index (χ2v) is 12.1. The van der Waals surface area contributed by atoms with Crippen LogP contribution in [-0.4, -0.2) is 22.3 Å². The molecule has 0 saturated carbocycles. The van der Waals surface area contributed by atoms with E-state index in [-0.39, 0.29) is 36.0 Å². The summed E-state index contributed by atoms with van der Waals surface area (Å²) in [5.74, 6) is -0.924. The lowest BCUT2D eigenvalue weighted by molar-refractivity contribution is -0.0234. The van der Waals surface area contributed by atoms with Crippen LogP contribution in [0.4, 0.5) is 8.78 Å². The average molecular weight is 512 g/mol. The Morgan fingerprint density at radius 2 is 1.80 bits per heavy atom. The van der Waals surface area contributed by atoms with Crippen LogP contribution in [0.5, 0.6) is 5.75 Å². The Kier molecular flexibility index (Phi) is 6.96. The molecule has 3 heterocycles. The first kappa shape index (κ1) is 25.9. The van der Waals surface area contributed by atoms with Crippen molar-refractivity contribution in [3.05, 3.63) is 61.4 Å². The predicted octanol–water partition coefficient (Wildman–Crippen LogP) is 4.94. The third-order valence-electron chi connectivity index (χ3n) is 6.09. The van der Waals surface area contributed by atoms with Gasteiger partial charge < -0.3 is 9.26 Å². The first-order valence-corrected chi connectivity index (χ1v) is 12.6. The predicted molar refractivity (Wildman–Crippen MR) is 127 cm³/mol. The third-order valence-corrected chi connectivity index (χ3v) is 7.12. The minimum Gasteiger partial charge on any atom is -0.426 e. The van der Waals surface area contributed by atoms with E-state index < -0.39 is 31.9 Å². The number of nitrogens with zero attached hydrogens (tertiary/aromatic N) is 1. The van der Waals surface area contributed by atoms with Crippen molar-refractivity contribution in [1.82, 2.24) is 9.55 Å². The van der Waals surface area contributed by atoms with Crippen molar-refractivity contribution in [2.24, 2.45) is 0 Å². The third kappa shape index (κ3) is 5.35. The number of nitrogens with one attached hydrogen (secondary N) is 1. The van der Waals surface area contributed by atoms with E-state index in [4.69, 9.17) is 18.3 Å². The molecule has 3 atom stereocenters. The van der Waals surface area contributed by atoms with Gasteiger partial charge >= 0.3 is 14.3 Å². The molecule has 8 nitrogen and oxygen atoms in total. The zero-order valence-corrected chi connectivity index (χ0v) is 21.6. The Morgan fingerprint density at radius 3 is 2.46 bits per heavy atom. The molecule has 11 heteroatoms. The van der Waals surface area contributed by atoms with E-state index in [1.165, 1.54) is 0 Å². The highest BCUT2D eigenvalue weighted by Crippen LogP contribution is 2.52. The van der Waals surface area contributed by atoms with Gasteiger partial charge in [0, 0.05) is 5.56 Å². The Bertz CT molecular complexity index is 1230. The van der Waals surface area contributed by atoms with Crippen LogP contribution in [0.3, 0.4) is 0 Å². The van der Waals surface area contributed by atoms with Crippen LogP contribution in [0.15, 0.2) is 21.9 Å². The van der Waals surface area contributed by atoms with Crippen molar-refractivity contribution < 1.29 is 27.1 Å². The van der Waals surface area contributed by atoms with E-state index in [0.29, 0.717) is 29.7 Å². The molecule has 192 valence electrons. The Labute approximate surface area is 203 Å². The molecule has 2 aromatic rings. The maximum atomic E-state index is 15.4. The topological polar surface area (TPSA) is 91.8 Å². The first-order valence-electron chi connectivity index (χ1n) is 11.5. The molecule has 1 saturated heterocycles. The molecule has 1 fully saturated rings. The molecular weight excluding hydrogens is 481 g/mol. The van der Waals surface area contributed by atoms with Crippen molar-refractivity contribution in [1.29, 1.82) is 0 Å². The van der Waals surface area contributed by atoms with Gasteiger partial charge in [-0.2, -0.15) is 4.39 Å². The highest BCUT2D eigenvalue weighted by atomic mass is 31.2. The van der Waals surface area contributed by atoms with Crippen LogP contribution < -0.4 is 15.8 Å². The lowest BCUT2D eigenvalue weighted by Crippen LogP contribution is -2.34. The van der Waals surface area contributed by atoms with E-state index in [2.05, 4.69) is 0 Å². The number of ether oxygens (including phenoxy) is 1. The van der Waals surface area contributed by atoms with Crippen molar-refractivity contribution in [3.63, 3.8) is 0 Å². The summed E-state index contributed by atoms with van der Waals surface area (Å²) in [6.45, 7) is 12.2. The number of fused-ring (bicyclic) bond motifs is 1. The van der Waals surface area contributed by atoms with Crippen LogP contribution in [0.1, 0.15) is 77.3 Å². The molecule has 35 heavy (non-hydrogen) atoms. The van der Waals surface area contributed by atoms with E-state index in [0.717, 1.165) is 16.3 Å². The zero-order valence-electron chi connectivity index (χ0n) is 20.7. The van der Waals surface area contributed by atoms with Gasteiger partial charge in [-0.15, -0.1) is 0 Å². The fraction of sp³-hybridized carbons (Fsp3) is 0.583. The molecule has 3 unspecified atom stereocenters. The van der Waals surface area contributed by atoms with E-state index in [1.54, 1.807) is 0 Å². The first-order chi connectivity index (χ1) is 16.3. The minimum atomic E-state index is -1.79. The van der Waals surface area contributed by atoms with E-state index in [1.807, 2.05) is 52.6 Å². The molecule has 4 rings (SSSR count). The number of benzene rings is 1. The molecule has 0 aliphatic carbocycles. The van der Waals surface area contributed by atoms with Crippen molar-refractivity contribution in [2.75, 3.05) is 6.61 Å². The van der Waals surface area contributed by atoms with Crippen LogP contribution in [0.25, 0.3) is 0 Å². The second-order valence-electron chi connectivity index (χ2n) is 10.9. The second kappa shape index (κ2) is 9.39. The Morgan fingerprint density at radius 1 is 1.11 bits per heavy atom. The number of halogens is 2. The fourth-order valence-electron chi connectivity index (χ4n) is 4.15. The normalized spacial score (nSPS) is 22.7. The van der Waals surface area contributed by atoms with E-state index in [9.17, 15) is 14.0 Å². The van der Waals surface area contributed by atoms with Crippen LogP contribution in [0.2, 0.25) is 0 Å². The molecular formula is C24H31F2N2O6P. The lowest BCUT2D eigenvalue weighted by Gasteiger charge is -2.33. The van der Waals surface area contributed by atoms with Gasteiger partial charge in [-0.1, -0.05) is 41.5 Å². The van der Waals surface area contributed by atoms with Crippen LogP contribution >= 0.6 is 8.60 Å². The minimum absolute atomic E-state index is 0.0278. The van der Waals surface area contributed by atoms with Crippen LogP contribution in [-0.2, 0) is 31.2 Å². The molecule has 1 N–H and O–H groups in total. The summed E-state index contributed by atoms with van der Waals surface area (Å²) in [5.41, 5.74) is -0.605. The molecule has 0 spiro atoms. The van der Waals surface area contributed by atoms with Crippen molar-refractivity contribution in [2.45, 2.75) is 84.2 Å². The van der Waals surface area contributed by atoms with Gasteiger partial charge in [0.1, 0.15) is 17.8 Å². The smallest absolute Gasteiger partial charge is 0.397 e. The summed E-state index contributed by atoms with van der Waals surface area (Å²) in [6.07, 6.45) is 0.727. The highest BCUT2D eigenvalue weighted by Gasteiger charge is 2.36. The number of H-pyrrole nitrogens is 1. The standard InChI is InChI=1S/C24H31F2N2O6P/c1-23(2,3)15-9-16(24(4,5)6)20-14(19(15)26)12-32-35(34-20)31-11-13-7-8-18(33-13)28-10-17(25)21(29)27-22(28)30/h9-10,13,18H,7-8,11-12H2,1-6H3,(H,27,29,30). The summed E-state index contributed by atoms with van der Waals surface area (Å²) in [7, 11) is -1.79. The Balaban J connectivity index is 1.46. The molecule has 2 aliphatic rings. The Hall–Kier alpha value is -2.13. The summed E-state index contributed by atoms with van der Waals surface area (Å²) < 4.78 is 53.4. The molecule has 1 aromatic heterocycles. The zero-order chi connectivity index (χ0) is 25.7. The van der Waals surface area contributed by atoms with Gasteiger partial charge in [0.25, 0.3) is 5.56 Å². The number of rotatable bonds is 4. The maximum absolute atomic E-state index is 15.4. The van der Waals surface area contributed by atoms with Gasteiger partial charge in [0.05, 0.1) is 31.1 Å². The summed E-state index contributed by atoms with van der Waals surface area (Å²) in [6, 6.07) is 1.87. The van der Waals surface area contributed by atoms with Gasteiger partial charge in [0.15, 0.2) is 0 Å². The summed E-state index contributed by atoms with van der Waals surface area (Å²) in [5, 5.41) is 0. The molecule has 2 aliphatic heterocycles. The monoisotopic (exact) mass is 512 g/mol. The van der Waals surface area contributed by atoms with Gasteiger partial charge in [-0.05, 0) is 35.3 Å². The number of aromatic nitrogens is 2. The molecule has 0 bridgehead atoms. The van der Waals surface area contributed by atoms with Gasteiger partial charge in [-0.3, -0.25) is 23.4 Å². The highest BCUT2D eigenvalue weighted by molar-refractivity contribution is 7.42. The molecule has 1 aromatic carbocycles. The summed E-state index contributed by atoms with van der Waals surface area (Å²) in [4.78, 5) is 25.2. The number of hydrogen-bond donors (Lipinski definition) is 1. The molecule has 0 radical (unpaired) electrons. The van der Waals surface area contributed by atoms with Gasteiger partial charge in [-0.25, -0.2) is 9.18 Å². The quantitative estimate of drug-likeness (QED) is 0.584. The van der Waals surface area contributed by atoms with Crippen LogP contribution in [0, 0.1) is 11.6 Å². The number of hydrogen-bond acceptors (Lipinski definition) is 6. The van der Waals surface area contributed by atoms with E-state index >= 15 is 4.39 Å². The maximum Gasteiger partial charge on any atom is 0.397 e. The SMILES string of the molecule is CC(C)(C)c1cc(C(C)(C)C)c2c(c1F)COP(OCC1CCC(n3cc(F)c(=O)[nH]c3=O)O1)O2. The summed E-state index contributed by atoms with van der Waals surface area (Å²) >= 11 is 0. The van der Waals surface area contributed by atoms with Crippen molar-refractivity contribution in [3.8, 4) is 5.75 Å². The largest absolute Gasteiger partial charge is 0.426 e. The average Bonchev–Trinajstić information content (AvgIpc) is 3.22. The van der Waals surface area contributed by atoms with Gasteiger partial charge in [0.2, 0.25) is 5.82 Å². The fourth-order valence-corrected chi connectivity index (χ4v) is 5.21. The molecule has 0 amide bonds. The number of aromatic amines is 1.